The van der Waals surface area contributed by atoms with Crippen molar-refractivity contribution in [3.8, 4) is 0 Å². The summed E-state index contributed by atoms with van der Waals surface area (Å²) < 4.78 is 0. The third kappa shape index (κ3) is 3.58. The highest BCUT2D eigenvalue weighted by molar-refractivity contribution is 7.98. The normalized spacial score (nSPS) is 12.6. The molecule has 0 spiro atoms. The van der Waals surface area contributed by atoms with Gasteiger partial charge in [-0.2, -0.15) is 21.7 Å². The number of fused-ring (bicyclic) bond motifs is 1. The van der Waals surface area contributed by atoms with Crippen LogP contribution in [0.25, 0.3) is 11.2 Å². The van der Waals surface area contributed by atoms with E-state index in [-0.39, 0.29) is 0 Å². The molecule has 21 heavy (non-hydrogen) atoms. The quantitative estimate of drug-likeness (QED) is 0.781. The van der Waals surface area contributed by atoms with Crippen LogP contribution in [0.15, 0.2) is 6.33 Å². The number of anilines is 2. The number of imidazole rings is 1. The van der Waals surface area contributed by atoms with Gasteiger partial charge in [0, 0.05) is 25.4 Å². The molecule has 0 amide bonds. The molecule has 0 saturated carbocycles. The molecule has 2 heterocycles. The van der Waals surface area contributed by atoms with Crippen molar-refractivity contribution in [3.05, 3.63) is 6.33 Å². The van der Waals surface area contributed by atoms with Crippen molar-refractivity contribution in [3.63, 3.8) is 0 Å². The SMILES string of the molecule is CCCNc1nc(N(C)C(CC)CSC)c2[nH]cnc2n1. The molecule has 7 heteroatoms. The van der Waals surface area contributed by atoms with Crippen molar-refractivity contribution in [2.24, 2.45) is 0 Å². The first-order valence-corrected chi connectivity index (χ1v) is 8.77. The Balaban J connectivity index is 2.37. The van der Waals surface area contributed by atoms with E-state index in [1.165, 1.54) is 0 Å². The minimum Gasteiger partial charge on any atom is -0.354 e. The first-order chi connectivity index (χ1) is 10.2. The second-order valence-corrected chi connectivity index (χ2v) is 5.94. The van der Waals surface area contributed by atoms with Crippen LogP contribution in [-0.4, -0.2) is 51.6 Å². The molecule has 0 aliphatic heterocycles. The highest BCUT2D eigenvalue weighted by Gasteiger charge is 2.19. The number of rotatable bonds is 8. The van der Waals surface area contributed by atoms with Crippen molar-refractivity contribution in [2.75, 3.05) is 35.8 Å². The van der Waals surface area contributed by atoms with Crippen LogP contribution in [0, 0.1) is 0 Å². The van der Waals surface area contributed by atoms with Crippen molar-refractivity contribution >= 4 is 34.7 Å². The summed E-state index contributed by atoms with van der Waals surface area (Å²) in [6.45, 7) is 5.19. The Hall–Kier alpha value is -1.50. The molecule has 116 valence electrons. The van der Waals surface area contributed by atoms with Gasteiger partial charge in [0.25, 0.3) is 0 Å². The van der Waals surface area contributed by atoms with Gasteiger partial charge < -0.3 is 15.2 Å². The number of nitrogens with one attached hydrogen (secondary N) is 2. The smallest absolute Gasteiger partial charge is 0.226 e. The van der Waals surface area contributed by atoms with Crippen LogP contribution in [0.5, 0.6) is 0 Å². The number of hydrogen-bond acceptors (Lipinski definition) is 6. The van der Waals surface area contributed by atoms with E-state index in [9.17, 15) is 0 Å². The van der Waals surface area contributed by atoms with E-state index in [4.69, 9.17) is 0 Å². The van der Waals surface area contributed by atoms with Crippen LogP contribution < -0.4 is 10.2 Å². The highest BCUT2D eigenvalue weighted by Crippen LogP contribution is 2.25. The van der Waals surface area contributed by atoms with E-state index >= 15 is 0 Å². The molecule has 2 rings (SSSR count). The van der Waals surface area contributed by atoms with Gasteiger partial charge in [-0.25, -0.2) is 4.98 Å². The lowest BCUT2D eigenvalue weighted by molar-refractivity contribution is 0.667. The van der Waals surface area contributed by atoms with Crippen LogP contribution in [0.4, 0.5) is 11.8 Å². The van der Waals surface area contributed by atoms with Gasteiger partial charge in [-0.3, -0.25) is 0 Å². The summed E-state index contributed by atoms with van der Waals surface area (Å²) in [5.74, 6) is 2.64. The van der Waals surface area contributed by atoms with Crippen molar-refractivity contribution in [1.29, 1.82) is 0 Å². The lowest BCUT2D eigenvalue weighted by Crippen LogP contribution is -2.34. The fraction of sp³-hybridized carbons (Fsp3) is 0.643. The zero-order chi connectivity index (χ0) is 15.2. The van der Waals surface area contributed by atoms with Crippen molar-refractivity contribution in [1.82, 2.24) is 19.9 Å². The van der Waals surface area contributed by atoms with Gasteiger partial charge in [0.05, 0.1) is 6.33 Å². The fourth-order valence-corrected chi connectivity index (χ4v) is 3.10. The Morgan fingerprint density at radius 3 is 2.86 bits per heavy atom. The summed E-state index contributed by atoms with van der Waals surface area (Å²) in [4.78, 5) is 18.8. The Morgan fingerprint density at radius 2 is 2.19 bits per heavy atom. The predicted octanol–water partition coefficient (Wildman–Crippen LogP) is 2.75. The Morgan fingerprint density at radius 1 is 1.38 bits per heavy atom. The first kappa shape index (κ1) is 15.9. The number of aromatic nitrogens is 4. The Kier molecular flexibility index (Phi) is 5.67. The van der Waals surface area contributed by atoms with Crippen LogP contribution in [0.2, 0.25) is 0 Å². The van der Waals surface area contributed by atoms with Crippen LogP contribution >= 0.6 is 11.8 Å². The predicted molar refractivity (Wildman–Crippen MR) is 91.3 cm³/mol. The van der Waals surface area contributed by atoms with E-state index in [1.54, 1.807) is 6.33 Å². The third-order valence-corrected chi connectivity index (χ3v) is 4.23. The Labute approximate surface area is 130 Å². The second-order valence-electron chi connectivity index (χ2n) is 5.03. The van der Waals surface area contributed by atoms with Crippen molar-refractivity contribution in [2.45, 2.75) is 32.7 Å². The molecule has 0 aliphatic rings. The summed E-state index contributed by atoms with van der Waals surface area (Å²) >= 11 is 1.86. The molecule has 0 saturated heterocycles. The Bertz CT molecular complexity index is 570. The van der Waals surface area contributed by atoms with Gasteiger partial charge >= 0.3 is 0 Å². The molecule has 1 unspecified atom stereocenters. The van der Waals surface area contributed by atoms with Gasteiger partial charge in [-0.1, -0.05) is 13.8 Å². The van der Waals surface area contributed by atoms with Gasteiger partial charge in [-0.05, 0) is 19.1 Å². The molecule has 2 N–H and O–H groups in total. The molecule has 0 bridgehead atoms. The first-order valence-electron chi connectivity index (χ1n) is 7.38. The highest BCUT2D eigenvalue weighted by atomic mass is 32.2. The van der Waals surface area contributed by atoms with Crippen molar-refractivity contribution < 1.29 is 0 Å². The topological polar surface area (TPSA) is 69.7 Å². The zero-order valence-corrected chi connectivity index (χ0v) is 14.0. The molecule has 0 radical (unpaired) electrons. The van der Waals surface area contributed by atoms with E-state index in [0.717, 1.165) is 36.5 Å². The summed E-state index contributed by atoms with van der Waals surface area (Å²) in [7, 11) is 2.09. The van der Waals surface area contributed by atoms with Crippen LogP contribution in [-0.2, 0) is 0 Å². The van der Waals surface area contributed by atoms with E-state index in [2.05, 4.69) is 57.3 Å². The lowest BCUT2D eigenvalue weighted by Gasteiger charge is -2.28. The number of hydrogen-bond donors (Lipinski definition) is 2. The average Bonchev–Trinajstić information content (AvgIpc) is 2.97. The number of H-pyrrole nitrogens is 1. The van der Waals surface area contributed by atoms with Gasteiger partial charge in [0.15, 0.2) is 11.5 Å². The summed E-state index contributed by atoms with van der Waals surface area (Å²) in [5.41, 5.74) is 1.61. The summed E-state index contributed by atoms with van der Waals surface area (Å²) in [6.07, 6.45) is 5.93. The standard InChI is InChI=1S/C14H24N6S/c1-5-7-15-14-18-12-11(16-9-17-12)13(19-14)20(3)10(6-2)8-21-4/h9-10H,5-8H2,1-4H3,(H2,15,16,17,18,19). The third-order valence-electron chi connectivity index (χ3n) is 3.51. The maximum Gasteiger partial charge on any atom is 0.226 e. The fourth-order valence-electron chi connectivity index (χ4n) is 2.26. The number of aromatic amines is 1. The monoisotopic (exact) mass is 308 g/mol. The maximum absolute atomic E-state index is 4.68. The average molecular weight is 308 g/mol. The minimum absolute atomic E-state index is 0.445. The minimum atomic E-state index is 0.445. The van der Waals surface area contributed by atoms with Gasteiger partial charge in [0.1, 0.15) is 5.52 Å². The molecule has 0 aliphatic carbocycles. The van der Waals surface area contributed by atoms with Gasteiger partial charge in [-0.15, -0.1) is 0 Å². The molecular weight excluding hydrogens is 284 g/mol. The van der Waals surface area contributed by atoms with E-state index in [1.807, 2.05) is 11.8 Å². The molecule has 2 aromatic heterocycles. The number of thioether (sulfide) groups is 1. The van der Waals surface area contributed by atoms with Gasteiger partial charge in [0.2, 0.25) is 5.95 Å². The number of nitrogens with zero attached hydrogens (tertiary/aromatic N) is 4. The lowest BCUT2D eigenvalue weighted by atomic mass is 10.2. The summed E-state index contributed by atoms with van der Waals surface area (Å²) in [5, 5.41) is 3.25. The van der Waals surface area contributed by atoms with Crippen LogP contribution in [0.1, 0.15) is 26.7 Å². The molecule has 0 fully saturated rings. The molecule has 2 aromatic rings. The second kappa shape index (κ2) is 7.49. The summed E-state index contributed by atoms with van der Waals surface area (Å²) in [6, 6.07) is 0.445. The molecule has 1 atom stereocenters. The molecule has 6 nitrogen and oxygen atoms in total. The van der Waals surface area contributed by atoms with E-state index in [0.29, 0.717) is 17.6 Å². The largest absolute Gasteiger partial charge is 0.354 e. The zero-order valence-electron chi connectivity index (χ0n) is 13.2. The van der Waals surface area contributed by atoms with Crippen LogP contribution in [0.3, 0.4) is 0 Å². The van der Waals surface area contributed by atoms with E-state index < -0.39 is 0 Å². The maximum atomic E-state index is 4.68. The molecular formula is C14H24N6S. The molecule has 0 aromatic carbocycles.